The molecule has 0 atom stereocenters. The van der Waals surface area contributed by atoms with Crippen LogP contribution in [-0.2, 0) is 6.42 Å². The van der Waals surface area contributed by atoms with Gasteiger partial charge in [-0.25, -0.2) is 0 Å². The van der Waals surface area contributed by atoms with Crippen molar-refractivity contribution in [1.29, 1.82) is 0 Å². The molecule has 0 aliphatic carbocycles. The van der Waals surface area contributed by atoms with Crippen LogP contribution in [0.25, 0.3) is 0 Å². The highest BCUT2D eigenvalue weighted by molar-refractivity contribution is 5.40. The summed E-state index contributed by atoms with van der Waals surface area (Å²) in [5.41, 5.74) is 3.54. The monoisotopic (exact) mass is 234 g/mol. The number of hydrogen-bond acceptors (Lipinski definition) is 3. The zero-order chi connectivity index (χ0) is 12.3. The fourth-order valence-electron chi connectivity index (χ4n) is 2.34. The lowest BCUT2D eigenvalue weighted by Gasteiger charge is -2.27. The van der Waals surface area contributed by atoms with Crippen LogP contribution in [0, 0.1) is 13.8 Å². The van der Waals surface area contributed by atoms with Crippen molar-refractivity contribution in [1.82, 2.24) is 10.2 Å². The first kappa shape index (κ1) is 12.4. The molecular formula is C14H22N2O. The molecule has 2 rings (SSSR count). The Morgan fingerprint density at radius 3 is 2.59 bits per heavy atom. The summed E-state index contributed by atoms with van der Waals surface area (Å²) in [4.78, 5) is 2.50. The molecule has 1 fully saturated rings. The van der Waals surface area contributed by atoms with Crippen LogP contribution in [0.1, 0.15) is 16.7 Å². The van der Waals surface area contributed by atoms with Gasteiger partial charge in [0.05, 0.1) is 0 Å². The van der Waals surface area contributed by atoms with Gasteiger partial charge in [-0.1, -0.05) is 6.07 Å². The maximum absolute atomic E-state index is 9.62. The van der Waals surface area contributed by atoms with Gasteiger partial charge in [0.2, 0.25) is 0 Å². The third-order valence-corrected chi connectivity index (χ3v) is 3.56. The topological polar surface area (TPSA) is 35.5 Å². The lowest BCUT2D eigenvalue weighted by Crippen LogP contribution is -2.44. The number of aryl methyl sites for hydroxylation is 2. The molecule has 17 heavy (non-hydrogen) atoms. The average Bonchev–Trinajstić information content (AvgIpc) is 2.33. The van der Waals surface area contributed by atoms with Crippen molar-refractivity contribution >= 4 is 0 Å². The summed E-state index contributed by atoms with van der Waals surface area (Å²) in [7, 11) is 0. The normalized spacial score (nSPS) is 17.3. The second-order valence-electron chi connectivity index (χ2n) is 4.91. The molecule has 1 aliphatic rings. The van der Waals surface area contributed by atoms with Crippen molar-refractivity contribution in [3.05, 3.63) is 28.8 Å². The fourth-order valence-corrected chi connectivity index (χ4v) is 2.34. The molecule has 1 heterocycles. The summed E-state index contributed by atoms with van der Waals surface area (Å²) >= 11 is 0. The number of phenolic OH excluding ortho intramolecular Hbond substituents is 1. The van der Waals surface area contributed by atoms with Crippen LogP contribution in [0.15, 0.2) is 12.1 Å². The molecule has 1 aliphatic heterocycles. The highest BCUT2D eigenvalue weighted by Gasteiger charge is 2.10. The maximum atomic E-state index is 9.62. The number of piperazine rings is 1. The zero-order valence-electron chi connectivity index (χ0n) is 10.8. The van der Waals surface area contributed by atoms with Gasteiger partial charge in [-0.05, 0) is 43.0 Å². The highest BCUT2D eigenvalue weighted by Crippen LogP contribution is 2.21. The summed E-state index contributed by atoms with van der Waals surface area (Å²) in [6.07, 6.45) is 1.08. The maximum Gasteiger partial charge on any atom is 0.118 e. The van der Waals surface area contributed by atoms with E-state index in [0.717, 1.165) is 44.7 Å². The van der Waals surface area contributed by atoms with E-state index in [1.165, 1.54) is 11.1 Å². The Hall–Kier alpha value is -1.06. The van der Waals surface area contributed by atoms with Gasteiger partial charge < -0.3 is 15.3 Å². The van der Waals surface area contributed by atoms with Gasteiger partial charge >= 0.3 is 0 Å². The number of phenols is 1. The van der Waals surface area contributed by atoms with Crippen LogP contribution in [0.4, 0.5) is 0 Å². The zero-order valence-corrected chi connectivity index (χ0v) is 10.8. The summed E-state index contributed by atoms with van der Waals surface area (Å²) in [5, 5.41) is 13.0. The summed E-state index contributed by atoms with van der Waals surface area (Å²) in [5.74, 6) is 0.411. The molecular weight excluding hydrogens is 212 g/mol. The van der Waals surface area contributed by atoms with Gasteiger partial charge in [-0.15, -0.1) is 0 Å². The Kier molecular flexibility index (Phi) is 4.02. The van der Waals surface area contributed by atoms with E-state index in [4.69, 9.17) is 0 Å². The molecule has 1 aromatic rings. The van der Waals surface area contributed by atoms with Crippen molar-refractivity contribution in [2.45, 2.75) is 20.3 Å². The van der Waals surface area contributed by atoms with Gasteiger partial charge in [-0.2, -0.15) is 0 Å². The van der Waals surface area contributed by atoms with E-state index in [9.17, 15) is 5.11 Å². The van der Waals surface area contributed by atoms with E-state index in [0.29, 0.717) is 5.75 Å². The molecule has 3 nitrogen and oxygen atoms in total. The lowest BCUT2D eigenvalue weighted by atomic mass is 10.0. The number of nitrogens with zero attached hydrogens (tertiary/aromatic N) is 1. The third kappa shape index (κ3) is 3.20. The number of aromatic hydroxyl groups is 1. The van der Waals surface area contributed by atoms with Crippen molar-refractivity contribution in [2.75, 3.05) is 32.7 Å². The number of rotatable bonds is 3. The first-order valence-corrected chi connectivity index (χ1v) is 6.39. The molecule has 3 heteroatoms. The van der Waals surface area contributed by atoms with Crippen LogP contribution in [0.2, 0.25) is 0 Å². The van der Waals surface area contributed by atoms with Gasteiger partial charge in [0.25, 0.3) is 0 Å². The van der Waals surface area contributed by atoms with E-state index in [-0.39, 0.29) is 0 Å². The third-order valence-electron chi connectivity index (χ3n) is 3.56. The largest absolute Gasteiger partial charge is 0.508 e. The highest BCUT2D eigenvalue weighted by atomic mass is 16.3. The van der Waals surface area contributed by atoms with E-state index in [1.54, 1.807) is 0 Å². The number of benzene rings is 1. The second-order valence-corrected chi connectivity index (χ2v) is 4.91. The van der Waals surface area contributed by atoms with Crippen molar-refractivity contribution in [2.24, 2.45) is 0 Å². The predicted molar refractivity (Wildman–Crippen MR) is 70.6 cm³/mol. The fraction of sp³-hybridized carbons (Fsp3) is 0.571. The van der Waals surface area contributed by atoms with Gasteiger partial charge in [-0.3, -0.25) is 0 Å². The molecule has 0 aromatic heterocycles. The standard InChI is InChI=1S/C14H22N2O/c1-11-10-14(17)12(2)9-13(11)3-6-16-7-4-15-5-8-16/h9-10,15,17H,3-8H2,1-2H3. The van der Waals surface area contributed by atoms with Gasteiger partial charge in [0, 0.05) is 32.7 Å². The molecule has 0 radical (unpaired) electrons. The second kappa shape index (κ2) is 5.52. The Morgan fingerprint density at radius 1 is 1.18 bits per heavy atom. The van der Waals surface area contributed by atoms with Crippen molar-refractivity contribution < 1.29 is 5.11 Å². The van der Waals surface area contributed by atoms with Crippen LogP contribution < -0.4 is 5.32 Å². The quantitative estimate of drug-likeness (QED) is 0.831. The molecule has 0 bridgehead atoms. The van der Waals surface area contributed by atoms with E-state index in [2.05, 4.69) is 23.2 Å². The van der Waals surface area contributed by atoms with Crippen LogP contribution in [0.5, 0.6) is 5.75 Å². The average molecular weight is 234 g/mol. The Labute approximate surface area is 103 Å². The predicted octanol–water partition coefficient (Wildman–Crippen LogP) is 1.46. The summed E-state index contributed by atoms with van der Waals surface area (Å²) in [6, 6.07) is 4.00. The van der Waals surface area contributed by atoms with Gasteiger partial charge in [0.1, 0.15) is 5.75 Å². The molecule has 1 aromatic carbocycles. The van der Waals surface area contributed by atoms with Crippen molar-refractivity contribution in [3.8, 4) is 5.75 Å². The SMILES string of the molecule is Cc1cc(CCN2CCNCC2)c(C)cc1O. The number of hydrogen-bond donors (Lipinski definition) is 2. The lowest BCUT2D eigenvalue weighted by molar-refractivity contribution is 0.244. The molecule has 2 N–H and O–H groups in total. The summed E-state index contributed by atoms with van der Waals surface area (Å²) in [6.45, 7) is 9.66. The Morgan fingerprint density at radius 2 is 1.88 bits per heavy atom. The molecule has 0 spiro atoms. The molecule has 94 valence electrons. The van der Waals surface area contributed by atoms with E-state index >= 15 is 0 Å². The Bertz CT molecular complexity index is 384. The van der Waals surface area contributed by atoms with Crippen molar-refractivity contribution in [3.63, 3.8) is 0 Å². The first-order valence-electron chi connectivity index (χ1n) is 6.39. The minimum Gasteiger partial charge on any atom is -0.508 e. The van der Waals surface area contributed by atoms with E-state index < -0.39 is 0 Å². The van der Waals surface area contributed by atoms with Gasteiger partial charge in [0.15, 0.2) is 0 Å². The van der Waals surface area contributed by atoms with Crippen LogP contribution >= 0.6 is 0 Å². The minimum atomic E-state index is 0.411. The van der Waals surface area contributed by atoms with Crippen LogP contribution in [0.3, 0.4) is 0 Å². The molecule has 1 saturated heterocycles. The first-order chi connectivity index (χ1) is 8.16. The molecule has 0 unspecified atom stereocenters. The Balaban J connectivity index is 1.96. The molecule has 0 amide bonds. The van der Waals surface area contributed by atoms with E-state index in [1.807, 2.05) is 13.0 Å². The summed E-state index contributed by atoms with van der Waals surface area (Å²) < 4.78 is 0. The van der Waals surface area contributed by atoms with Crippen LogP contribution in [-0.4, -0.2) is 42.7 Å². The number of nitrogens with one attached hydrogen (secondary N) is 1. The minimum absolute atomic E-state index is 0.411. The molecule has 0 saturated carbocycles. The smallest absolute Gasteiger partial charge is 0.118 e.